The van der Waals surface area contributed by atoms with Crippen molar-refractivity contribution in [3.8, 4) is 0 Å². The van der Waals surface area contributed by atoms with Crippen molar-refractivity contribution in [2.75, 3.05) is 19.0 Å². The lowest BCUT2D eigenvalue weighted by atomic mass is 10.1. The van der Waals surface area contributed by atoms with Gasteiger partial charge in [0.05, 0.1) is 17.4 Å². The Labute approximate surface area is 142 Å². The first-order valence-electron chi connectivity index (χ1n) is 7.22. The van der Waals surface area contributed by atoms with Gasteiger partial charge in [-0.15, -0.1) is 0 Å². The molecule has 3 rings (SSSR count). The quantitative estimate of drug-likeness (QED) is 0.782. The Balaban J connectivity index is 2.18. The fourth-order valence-corrected chi connectivity index (χ4v) is 2.89. The average Bonchev–Trinajstić information content (AvgIpc) is 2.89. The summed E-state index contributed by atoms with van der Waals surface area (Å²) in [6.45, 7) is 0.250. The molecule has 5 nitrogen and oxygen atoms in total. The number of anilines is 1. The van der Waals surface area contributed by atoms with E-state index in [1.165, 1.54) is 12.1 Å². The van der Waals surface area contributed by atoms with Gasteiger partial charge in [0.2, 0.25) is 0 Å². The molecule has 7 heteroatoms. The van der Waals surface area contributed by atoms with E-state index in [2.05, 4.69) is 5.10 Å². The minimum absolute atomic E-state index is 0.0208. The van der Waals surface area contributed by atoms with Crippen LogP contribution < -0.4 is 4.90 Å². The molecule has 0 unspecified atom stereocenters. The van der Waals surface area contributed by atoms with Gasteiger partial charge in [0.15, 0.2) is 5.69 Å². The van der Waals surface area contributed by atoms with E-state index in [1.54, 1.807) is 16.8 Å². The zero-order valence-electron chi connectivity index (χ0n) is 13.1. The van der Waals surface area contributed by atoms with Gasteiger partial charge in [-0.3, -0.25) is 4.68 Å². The lowest BCUT2D eigenvalue weighted by Crippen LogP contribution is -2.10. The molecule has 0 aliphatic heterocycles. The third kappa shape index (κ3) is 2.80. The van der Waals surface area contributed by atoms with Gasteiger partial charge in [-0.05, 0) is 29.8 Å². The summed E-state index contributed by atoms with van der Waals surface area (Å²) in [5.74, 6) is -1.52. The molecule has 0 saturated carbocycles. The molecule has 24 heavy (non-hydrogen) atoms. The number of halogens is 2. The fourth-order valence-electron chi connectivity index (χ4n) is 2.66. The van der Waals surface area contributed by atoms with E-state index < -0.39 is 11.8 Å². The number of carboxylic acids is 1. The smallest absolute Gasteiger partial charge is 0.357 e. The van der Waals surface area contributed by atoms with Crippen LogP contribution in [0.4, 0.5) is 10.1 Å². The molecule has 3 aromatic rings. The lowest BCUT2D eigenvalue weighted by molar-refractivity contribution is 0.0691. The third-order valence-corrected chi connectivity index (χ3v) is 4.13. The molecular weight excluding hydrogens is 333 g/mol. The number of benzene rings is 2. The van der Waals surface area contributed by atoms with Gasteiger partial charge in [0, 0.05) is 24.8 Å². The van der Waals surface area contributed by atoms with E-state index in [0.29, 0.717) is 16.5 Å². The van der Waals surface area contributed by atoms with Crippen molar-refractivity contribution in [3.63, 3.8) is 0 Å². The highest BCUT2D eigenvalue weighted by molar-refractivity contribution is 6.31. The van der Waals surface area contributed by atoms with Crippen molar-refractivity contribution in [2.45, 2.75) is 6.54 Å². The summed E-state index contributed by atoms with van der Waals surface area (Å²) < 4.78 is 14.8. The maximum Gasteiger partial charge on any atom is 0.357 e. The molecule has 0 aliphatic rings. The van der Waals surface area contributed by atoms with Crippen molar-refractivity contribution >= 4 is 34.2 Å². The highest BCUT2D eigenvalue weighted by Gasteiger charge is 2.20. The van der Waals surface area contributed by atoms with E-state index in [4.69, 9.17) is 11.6 Å². The number of carbonyl (C=O) groups is 1. The average molecular weight is 348 g/mol. The zero-order valence-corrected chi connectivity index (χ0v) is 13.9. The number of nitrogens with zero attached hydrogens (tertiary/aromatic N) is 3. The van der Waals surface area contributed by atoms with E-state index >= 15 is 0 Å². The van der Waals surface area contributed by atoms with E-state index in [1.807, 2.05) is 31.1 Å². The summed E-state index contributed by atoms with van der Waals surface area (Å²) in [5.41, 5.74) is 2.09. The summed E-state index contributed by atoms with van der Waals surface area (Å²) >= 11 is 6.08. The van der Waals surface area contributed by atoms with Gasteiger partial charge >= 0.3 is 5.97 Å². The van der Waals surface area contributed by atoms with Crippen LogP contribution in [0.3, 0.4) is 0 Å². The number of rotatable bonds is 4. The van der Waals surface area contributed by atoms with E-state index in [-0.39, 0.29) is 17.3 Å². The molecule has 0 amide bonds. The summed E-state index contributed by atoms with van der Waals surface area (Å²) in [7, 11) is 3.68. The Morgan fingerprint density at radius 3 is 2.71 bits per heavy atom. The maximum atomic E-state index is 13.2. The first kappa shape index (κ1) is 16.3. The van der Waals surface area contributed by atoms with Crippen LogP contribution in [0.2, 0.25) is 5.02 Å². The van der Waals surface area contributed by atoms with Crippen molar-refractivity contribution in [3.05, 3.63) is 58.5 Å². The predicted octanol–water partition coefficient (Wildman–Crippen LogP) is 3.64. The Kier molecular flexibility index (Phi) is 4.15. The second-order valence-corrected chi connectivity index (χ2v) is 6.02. The van der Waals surface area contributed by atoms with Crippen molar-refractivity contribution in [2.24, 2.45) is 0 Å². The summed E-state index contributed by atoms with van der Waals surface area (Å²) in [5, 5.41) is 14.6. The van der Waals surface area contributed by atoms with Gasteiger partial charge < -0.3 is 10.0 Å². The molecule has 1 N–H and O–H groups in total. The van der Waals surface area contributed by atoms with Gasteiger partial charge in [-0.1, -0.05) is 23.7 Å². The number of fused-ring (bicyclic) bond motifs is 1. The summed E-state index contributed by atoms with van der Waals surface area (Å²) in [4.78, 5) is 13.4. The summed E-state index contributed by atoms with van der Waals surface area (Å²) in [6, 6.07) is 9.60. The highest BCUT2D eigenvalue weighted by Crippen LogP contribution is 2.30. The topological polar surface area (TPSA) is 58.4 Å². The minimum Gasteiger partial charge on any atom is -0.476 e. The van der Waals surface area contributed by atoms with Crippen LogP contribution in [0, 0.1) is 5.82 Å². The van der Waals surface area contributed by atoms with Crippen molar-refractivity contribution in [1.29, 1.82) is 0 Å². The van der Waals surface area contributed by atoms with Gasteiger partial charge in [-0.25, -0.2) is 9.18 Å². The number of aromatic nitrogens is 2. The first-order chi connectivity index (χ1) is 11.4. The highest BCUT2D eigenvalue weighted by atomic mass is 35.5. The molecule has 0 fully saturated rings. The fraction of sp³-hybridized carbons (Fsp3) is 0.176. The molecular formula is C17H15ClFN3O2. The maximum absolute atomic E-state index is 13.2. The van der Waals surface area contributed by atoms with E-state index in [0.717, 1.165) is 5.69 Å². The molecule has 1 heterocycles. The second kappa shape index (κ2) is 6.13. The molecule has 0 spiro atoms. The van der Waals surface area contributed by atoms with Crippen LogP contribution >= 0.6 is 11.6 Å². The molecule has 0 bridgehead atoms. The number of hydrogen-bond acceptors (Lipinski definition) is 3. The van der Waals surface area contributed by atoms with Crippen LogP contribution in [-0.2, 0) is 6.54 Å². The summed E-state index contributed by atoms with van der Waals surface area (Å²) in [6.07, 6.45) is 0. The monoisotopic (exact) mass is 347 g/mol. The Bertz CT molecular complexity index is 937. The Hall–Kier alpha value is -2.60. The van der Waals surface area contributed by atoms with Crippen LogP contribution in [0.1, 0.15) is 16.1 Å². The molecule has 1 aromatic heterocycles. The number of aromatic carboxylic acids is 1. The predicted molar refractivity (Wildman–Crippen MR) is 91.5 cm³/mol. The molecule has 0 aliphatic carbocycles. The molecule has 124 valence electrons. The van der Waals surface area contributed by atoms with Crippen molar-refractivity contribution < 1.29 is 14.3 Å². The van der Waals surface area contributed by atoms with Gasteiger partial charge in [0.25, 0.3) is 0 Å². The van der Waals surface area contributed by atoms with Crippen molar-refractivity contribution in [1.82, 2.24) is 9.78 Å². The largest absolute Gasteiger partial charge is 0.476 e. The zero-order chi connectivity index (χ0) is 17.4. The number of hydrogen-bond donors (Lipinski definition) is 1. The second-order valence-electron chi connectivity index (χ2n) is 5.61. The first-order valence-corrected chi connectivity index (χ1v) is 7.60. The minimum atomic E-state index is -1.10. The lowest BCUT2D eigenvalue weighted by Gasteiger charge is -2.14. The SMILES string of the molecule is CN(C)c1cccc2c1c(C(=O)O)nn2Cc1ccc(F)cc1Cl. The Morgan fingerprint density at radius 2 is 2.08 bits per heavy atom. The molecule has 2 aromatic carbocycles. The van der Waals surface area contributed by atoms with Crippen LogP contribution in [0.5, 0.6) is 0 Å². The van der Waals surface area contributed by atoms with Crippen LogP contribution in [0.15, 0.2) is 36.4 Å². The molecule has 0 saturated heterocycles. The van der Waals surface area contributed by atoms with Gasteiger partial charge in [-0.2, -0.15) is 5.10 Å². The molecule has 0 radical (unpaired) electrons. The van der Waals surface area contributed by atoms with Crippen LogP contribution in [0.25, 0.3) is 10.9 Å². The van der Waals surface area contributed by atoms with E-state index in [9.17, 15) is 14.3 Å². The standard InChI is InChI=1S/C17H15ClFN3O2/c1-21(2)13-4-3-5-14-15(13)16(17(23)24)20-22(14)9-10-6-7-11(19)8-12(10)18/h3-8H,9H2,1-2H3,(H,23,24). The number of carboxylic acid groups (broad SMARTS) is 1. The normalized spacial score (nSPS) is 11.0. The van der Waals surface area contributed by atoms with Crippen LogP contribution in [-0.4, -0.2) is 35.0 Å². The van der Waals surface area contributed by atoms with Gasteiger partial charge in [0.1, 0.15) is 5.82 Å². The Morgan fingerprint density at radius 1 is 1.33 bits per heavy atom. The molecule has 0 atom stereocenters. The third-order valence-electron chi connectivity index (χ3n) is 3.78.